The third kappa shape index (κ3) is 3.25. The number of nitrogens with one attached hydrogen (secondary N) is 1. The van der Waals surface area contributed by atoms with Gasteiger partial charge < -0.3 is 14.2 Å². The first-order chi connectivity index (χ1) is 14.0. The number of hydrogen-bond acceptors (Lipinski definition) is 6. The molecule has 0 fully saturated rings. The van der Waals surface area contributed by atoms with E-state index in [0.29, 0.717) is 28.2 Å². The van der Waals surface area contributed by atoms with Crippen LogP contribution in [0.2, 0.25) is 0 Å². The summed E-state index contributed by atoms with van der Waals surface area (Å²) in [6.45, 7) is -0.0110. The Balaban J connectivity index is 1.70. The van der Waals surface area contributed by atoms with Crippen LogP contribution in [0.15, 0.2) is 59.5 Å². The highest BCUT2D eigenvalue weighted by Crippen LogP contribution is 2.46. The third-order valence-corrected chi connectivity index (χ3v) is 6.30. The predicted octanol–water partition coefficient (Wildman–Crippen LogP) is 2.84. The molecule has 8 heteroatoms. The predicted molar refractivity (Wildman–Crippen MR) is 107 cm³/mol. The molecular weight excluding hydrogens is 394 g/mol. The van der Waals surface area contributed by atoms with Crippen LogP contribution in [0.1, 0.15) is 11.5 Å². The van der Waals surface area contributed by atoms with Gasteiger partial charge in [0.15, 0.2) is 11.5 Å². The Morgan fingerprint density at radius 2 is 1.69 bits per heavy atom. The summed E-state index contributed by atoms with van der Waals surface area (Å²) in [6, 6.07) is 15.4. The Kier molecular flexibility index (Phi) is 4.79. The summed E-state index contributed by atoms with van der Waals surface area (Å²) < 4.78 is 44.4. The maximum atomic E-state index is 13.0. The number of rotatable bonds is 5. The van der Waals surface area contributed by atoms with Crippen molar-refractivity contribution >= 4 is 26.7 Å². The van der Waals surface area contributed by atoms with Gasteiger partial charge in [0.05, 0.1) is 24.7 Å². The van der Waals surface area contributed by atoms with Crippen LogP contribution < -0.4 is 18.9 Å². The molecule has 1 atom stereocenters. The van der Waals surface area contributed by atoms with E-state index in [0.717, 1.165) is 5.39 Å². The summed E-state index contributed by atoms with van der Waals surface area (Å²) >= 11 is 0. The molecule has 29 heavy (non-hydrogen) atoms. The lowest BCUT2D eigenvalue weighted by molar-refractivity contribution is -0.121. The molecule has 4 rings (SSSR count). The first kappa shape index (κ1) is 19.1. The molecule has 1 unspecified atom stereocenters. The van der Waals surface area contributed by atoms with Gasteiger partial charge in [0.25, 0.3) is 10.0 Å². The molecule has 1 heterocycles. The second-order valence-corrected chi connectivity index (χ2v) is 8.17. The second-order valence-electron chi connectivity index (χ2n) is 6.52. The van der Waals surface area contributed by atoms with Gasteiger partial charge in [-0.3, -0.25) is 4.79 Å². The lowest BCUT2D eigenvalue weighted by Gasteiger charge is -2.15. The zero-order valence-electron chi connectivity index (χ0n) is 15.8. The van der Waals surface area contributed by atoms with E-state index >= 15 is 0 Å². The molecule has 0 aliphatic carbocycles. The number of benzene rings is 3. The molecule has 1 N–H and O–H groups in total. The van der Waals surface area contributed by atoms with Gasteiger partial charge in [-0.2, -0.15) is 0 Å². The summed E-state index contributed by atoms with van der Waals surface area (Å²) in [5, 5.41) is 1.31. The van der Waals surface area contributed by atoms with Crippen molar-refractivity contribution in [2.75, 3.05) is 20.8 Å². The van der Waals surface area contributed by atoms with Crippen LogP contribution in [0.5, 0.6) is 17.2 Å². The van der Waals surface area contributed by atoms with Gasteiger partial charge in [0, 0.05) is 5.39 Å². The second kappa shape index (κ2) is 7.29. The average molecular weight is 413 g/mol. The first-order valence-electron chi connectivity index (χ1n) is 8.88. The van der Waals surface area contributed by atoms with E-state index in [4.69, 9.17) is 14.2 Å². The maximum Gasteiger partial charge on any atom is 0.264 e. The van der Waals surface area contributed by atoms with Gasteiger partial charge in [-0.25, -0.2) is 13.1 Å². The zero-order valence-corrected chi connectivity index (χ0v) is 16.7. The van der Waals surface area contributed by atoms with Crippen molar-refractivity contribution in [2.45, 2.75) is 10.8 Å². The fourth-order valence-electron chi connectivity index (χ4n) is 3.52. The Morgan fingerprint density at radius 3 is 2.45 bits per heavy atom. The molecule has 0 saturated heterocycles. The molecule has 1 aliphatic heterocycles. The third-order valence-electron chi connectivity index (χ3n) is 4.89. The van der Waals surface area contributed by atoms with Crippen LogP contribution in [0.25, 0.3) is 10.8 Å². The summed E-state index contributed by atoms with van der Waals surface area (Å²) in [4.78, 5) is 13.0. The van der Waals surface area contributed by atoms with Gasteiger partial charge >= 0.3 is 0 Å². The molecule has 0 radical (unpaired) electrons. The number of carbonyl (C=O) groups is 1. The van der Waals surface area contributed by atoms with Crippen LogP contribution in [0, 0.1) is 0 Å². The number of carbonyl (C=O) groups excluding carboxylic acids is 1. The topological polar surface area (TPSA) is 90.9 Å². The van der Waals surface area contributed by atoms with E-state index in [-0.39, 0.29) is 11.5 Å². The van der Waals surface area contributed by atoms with Crippen molar-refractivity contribution in [1.29, 1.82) is 0 Å². The molecular formula is C21H19NO6S. The minimum atomic E-state index is -4.09. The van der Waals surface area contributed by atoms with Gasteiger partial charge in [-0.1, -0.05) is 36.4 Å². The molecule has 1 amide bonds. The van der Waals surface area contributed by atoms with Gasteiger partial charge in [0.2, 0.25) is 5.91 Å². The molecule has 150 valence electrons. The lowest BCUT2D eigenvalue weighted by Crippen LogP contribution is -2.35. The van der Waals surface area contributed by atoms with E-state index in [1.54, 1.807) is 30.3 Å². The molecule has 0 spiro atoms. The van der Waals surface area contributed by atoms with Crippen molar-refractivity contribution in [3.63, 3.8) is 0 Å². The lowest BCUT2D eigenvalue weighted by atomic mass is 9.99. The number of sulfonamides is 1. The highest BCUT2D eigenvalue weighted by molar-refractivity contribution is 7.90. The fraction of sp³-hybridized carbons (Fsp3) is 0.190. The monoisotopic (exact) mass is 413 g/mol. The van der Waals surface area contributed by atoms with Crippen LogP contribution in [0.4, 0.5) is 0 Å². The molecule has 0 aromatic heterocycles. The summed E-state index contributed by atoms with van der Waals surface area (Å²) in [6.07, 6.45) is 0. The molecule has 7 nitrogen and oxygen atoms in total. The highest BCUT2D eigenvalue weighted by atomic mass is 32.2. The van der Waals surface area contributed by atoms with Crippen molar-refractivity contribution in [3.8, 4) is 17.2 Å². The van der Waals surface area contributed by atoms with Gasteiger partial charge in [-0.05, 0) is 23.6 Å². The first-order valence-corrected chi connectivity index (χ1v) is 10.4. The van der Waals surface area contributed by atoms with Crippen molar-refractivity contribution < 1.29 is 27.4 Å². The summed E-state index contributed by atoms with van der Waals surface area (Å²) in [7, 11) is -1.12. The summed E-state index contributed by atoms with van der Waals surface area (Å²) in [5.74, 6) is -0.272. The standard InChI is InChI=1S/C21H19NO6S/c1-26-16-10-11-17(27-2)20-19(16)15(12-28-20)21(23)22-29(24,25)18-9-5-7-13-6-3-4-8-14(13)18/h3-11,15H,12H2,1-2H3,(H,22,23). The Labute approximate surface area is 168 Å². The summed E-state index contributed by atoms with van der Waals surface area (Å²) in [5.41, 5.74) is 0.470. The Hall–Kier alpha value is -3.26. The Bertz CT molecular complexity index is 1200. The van der Waals surface area contributed by atoms with Crippen LogP contribution in [-0.4, -0.2) is 35.2 Å². The molecule has 1 aliphatic rings. The highest BCUT2D eigenvalue weighted by Gasteiger charge is 2.37. The smallest absolute Gasteiger partial charge is 0.264 e. The van der Waals surface area contributed by atoms with Crippen molar-refractivity contribution in [3.05, 3.63) is 60.2 Å². The van der Waals surface area contributed by atoms with Gasteiger partial charge in [-0.15, -0.1) is 0 Å². The Morgan fingerprint density at radius 1 is 1.00 bits per heavy atom. The molecule has 3 aromatic rings. The molecule has 3 aromatic carbocycles. The number of amides is 1. The number of hydrogen-bond donors (Lipinski definition) is 1. The quantitative estimate of drug-likeness (QED) is 0.692. The average Bonchev–Trinajstić information content (AvgIpc) is 3.18. The van der Waals surface area contributed by atoms with E-state index in [2.05, 4.69) is 4.72 Å². The minimum absolute atomic E-state index is 0.0110. The number of ether oxygens (including phenoxy) is 3. The zero-order chi connectivity index (χ0) is 20.6. The fourth-order valence-corrected chi connectivity index (χ4v) is 4.77. The minimum Gasteiger partial charge on any atom is -0.496 e. The van der Waals surface area contributed by atoms with Crippen molar-refractivity contribution in [1.82, 2.24) is 4.72 Å². The van der Waals surface area contributed by atoms with E-state index in [9.17, 15) is 13.2 Å². The van der Waals surface area contributed by atoms with Crippen LogP contribution >= 0.6 is 0 Å². The molecule has 0 bridgehead atoms. The van der Waals surface area contributed by atoms with Crippen molar-refractivity contribution in [2.24, 2.45) is 0 Å². The van der Waals surface area contributed by atoms with E-state index in [1.807, 2.05) is 18.2 Å². The van der Waals surface area contributed by atoms with Gasteiger partial charge in [0.1, 0.15) is 18.3 Å². The maximum absolute atomic E-state index is 13.0. The number of fused-ring (bicyclic) bond motifs is 2. The normalized spacial score (nSPS) is 15.4. The SMILES string of the molecule is COc1ccc(OC)c2c1OCC2C(=O)NS(=O)(=O)c1cccc2ccccc12. The number of methoxy groups -OCH3 is 2. The van der Waals surface area contributed by atoms with Crippen LogP contribution in [0.3, 0.4) is 0 Å². The van der Waals surface area contributed by atoms with E-state index in [1.165, 1.54) is 20.3 Å². The molecule has 0 saturated carbocycles. The van der Waals surface area contributed by atoms with E-state index < -0.39 is 21.8 Å². The largest absolute Gasteiger partial charge is 0.496 e. The van der Waals surface area contributed by atoms with Crippen LogP contribution in [-0.2, 0) is 14.8 Å².